The lowest BCUT2D eigenvalue weighted by Crippen LogP contribution is -2.48. The molecule has 0 aromatic rings. The Hall–Kier alpha value is -1.10. The number of esters is 1. The van der Waals surface area contributed by atoms with Gasteiger partial charge in [0.05, 0.1) is 7.11 Å². The fraction of sp³-hybridized carbons (Fsp3) is 0.818. The number of amides is 1. The van der Waals surface area contributed by atoms with Crippen LogP contribution >= 0.6 is 0 Å². The van der Waals surface area contributed by atoms with Gasteiger partial charge >= 0.3 is 5.97 Å². The quantitative estimate of drug-likeness (QED) is 0.667. The van der Waals surface area contributed by atoms with Gasteiger partial charge in [-0.1, -0.05) is 20.8 Å². The van der Waals surface area contributed by atoms with Crippen molar-refractivity contribution in [2.45, 2.75) is 33.7 Å². The summed E-state index contributed by atoms with van der Waals surface area (Å²) in [6, 6.07) is -0.621. The standard InChI is InChI=1S/C11H22N2O3/c1-8(14)13-9(10(15)16-5)6-12-7-11(2,3)4/h9,12H,6-7H2,1-5H3,(H,13,14). The number of rotatable bonds is 5. The van der Waals surface area contributed by atoms with Crippen LogP contribution in [0.3, 0.4) is 0 Å². The summed E-state index contributed by atoms with van der Waals surface area (Å²) in [5.74, 6) is -0.676. The van der Waals surface area contributed by atoms with Crippen molar-refractivity contribution < 1.29 is 14.3 Å². The van der Waals surface area contributed by atoms with Gasteiger partial charge in [-0.2, -0.15) is 0 Å². The summed E-state index contributed by atoms with van der Waals surface area (Å²) in [6.07, 6.45) is 0. The molecule has 5 heteroatoms. The molecule has 94 valence electrons. The number of ether oxygens (including phenoxy) is 1. The zero-order valence-electron chi connectivity index (χ0n) is 10.7. The molecule has 1 amide bonds. The highest BCUT2D eigenvalue weighted by Crippen LogP contribution is 2.09. The lowest BCUT2D eigenvalue weighted by atomic mass is 9.97. The Morgan fingerprint density at radius 2 is 1.88 bits per heavy atom. The maximum absolute atomic E-state index is 11.3. The van der Waals surface area contributed by atoms with Gasteiger partial charge in [0.25, 0.3) is 0 Å². The Morgan fingerprint density at radius 3 is 2.25 bits per heavy atom. The predicted molar refractivity (Wildman–Crippen MR) is 61.9 cm³/mol. The van der Waals surface area contributed by atoms with Gasteiger partial charge in [-0.3, -0.25) is 4.79 Å². The van der Waals surface area contributed by atoms with Crippen LogP contribution in [-0.4, -0.2) is 38.1 Å². The molecule has 0 aliphatic carbocycles. The maximum Gasteiger partial charge on any atom is 0.329 e. The molecule has 0 bridgehead atoms. The lowest BCUT2D eigenvalue weighted by Gasteiger charge is -2.21. The smallest absolute Gasteiger partial charge is 0.329 e. The largest absolute Gasteiger partial charge is 0.467 e. The Bertz CT molecular complexity index is 246. The van der Waals surface area contributed by atoms with Gasteiger partial charge in [-0.05, 0) is 5.41 Å². The van der Waals surface area contributed by atoms with Crippen molar-refractivity contribution in [2.24, 2.45) is 5.41 Å². The molecule has 5 nitrogen and oxygen atoms in total. The molecule has 0 saturated carbocycles. The fourth-order valence-corrected chi connectivity index (χ4v) is 1.17. The molecule has 0 spiro atoms. The second kappa shape index (κ2) is 6.48. The average Bonchev–Trinajstić information content (AvgIpc) is 2.12. The van der Waals surface area contributed by atoms with Crippen LogP contribution in [0.5, 0.6) is 0 Å². The molecular formula is C11H22N2O3. The van der Waals surface area contributed by atoms with E-state index >= 15 is 0 Å². The van der Waals surface area contributed by atoms with Crippen LogP contribution in [0.25, 0.3) is 0 Å². The first-order valence-electron chi connectivity index (χ1n) is 5.32. The van der Waals surface area contributed by atoms with Crippen molar-refractivity contribution in [1.82, 2.24) is 10.6 Å². The number of carbonyl (C=O) groups is 2. The highest BCUT2D eigenvalue weighted by molar-refractivity contribution is 5.83. The molecule has 2 N–H and O–H groups in total. The first-order chi connectivity index (χ1) is 7.26. The molecule has 0 aliphatic heterocycles. The first-order valence-corrected chi connectivity index (χ1v) is 5.32. The molecule has 16 heavy (non-hydrogen) atoms. The number of hydrogen-bond acceptors (Lipinski definition) is 4. The van der Waals surface area contributed by atoms with Gasteiger partial charge in [-0.15, -0.1) is 0 Å². The van der Waals surface area contributed by atoms with Gasteiger partial charge < -0.3 is 15.4 Å². The number of hydrogen-bond donors (Lipinski definition) is 2. The van der Waals surface area contributed by atoms with Crippen molar-refractivity contribution in [3.8, 4) is 0 Å². The predicted octanol–water partition coefficient (Wildman–Crippen LogP) is 0.300. The van der Waals surface area contributed by atoms with E-state index in [-0.39, 0.29) is 11.3 Å². The van der Waals surface area contributed by atoms with Crippen molar-refractivity contribution >= 4 is 11.9 Å². The number of carbonyl (C=O) groups excluding carboxylic acids is 2. The van der Waals surface area contributed by atoms with Crippen molar-refractivity contribution in [1.29, 1.82) is 0 Å². The van der Waals surface area contributed by atoms with E-state index in [4.69, 9.17) is 0 Å². The Morgan fingerprint density at radius 1 is 1.31 bits per heavy atom. The minimum atomic E-state index is -0.621. The molecule has 1 atom stereocenters. The summed E-state index contributed by atoms with van der Waals surface area (Å²) in [6.45, 7) is 8.78. The first kappa shape index (κ1) is 14.9. The summed E-state index contributed by atoms with van der Waals surface area (Å²) in [5.41, 5.74) is 0.136. The van der Waals surface area contributed by atoms with E-state index in [0.717, 1.165) is 6.54 Å². The molecule has 0 fully saturated rings. The Balaban J connectivity index is 4.12. The van der Waals surface area contributed by atoms with Gasteiger partial charge in [0.1, 0.15) is 6.04 Å². The van der Waals surface area contributed by atoms with Crippen LogP contribution in [-0.2, 0) is 14.3 Å². The summed E-state index contributed by atoms with van der Waals surface area (Å²) in [4.78, 5) is 22.2. The maximum atomic E-state index is 11.3. The topological polar surface area (TPSA) is 67.4 Å². The van der Waals surface area contributed by atoms with Crippen LogP contribution in [0.4, 0.5) is 0 Å². The summed E-state index contributed by atoms with van der Waals surface area (Å²) in [7, 11) is 1.31. The Labute approximate surface area is 96.9 Å². The molecule has 1 unspecified atom stereocenters. The third kappa shape index (κ3) is 7.23. The molecule has 0 heterocycles. The highest BCUT2D eigenvalue weighted by Gasteiger charge is 2.20. The monoisotopic (exact) mass is 230 g/mol. The van der Waals surface area contributed by atoms with E-state index in [0.29, 0.717) is 6.54 Å². The zero-order chi connectivity index (χ0) is 12.8. The van der Waals surface area contributed by atoms with Gasteiger partial charge in [0.2, 0.25) is 5.91 Å². The normalized spacial score (nSPS) is 13.1. The van der Waals surface area contributed by atoms with Crippen LogP contribution in [0.2, 0.25) is 0 Å². The van der Waals surface area contributed by atoms with E-state index in [1.807, 2.05) is 0 Å². The van der Waals surface area contributed by atoms with Crippen LogP contribution in [0.15, 0.2) is 0 Å². The van der Waals surface area contributed by atoms with E-state index in [9.17, 15) is 9.59 Å². The molecule has 0 aliphatic rings. The minimum absolute atomic E-state index is 0.136. The third-order valence-corrected chi connectivity index (χ3v) is 1.87. The second-order valence-electron chi connectivity index (χ2n) is 4.97. The third-order valence-electron chi connectivity index (χ3n) is 1.87. The Kier molecular flexibility index (Phi) is 6.03. The van der Waals surface area contributed by atoms with E-state index in [1.54, 1.807) is 0 Å². The van der Waals surface area contributed by atoms with Crippen LogP contribution < -0.4 is 10.6 Å². The zero-order valence-corrected chi connectivity index (χ0v) is 10.7. The summed E-state index contributed by atoms with van der Waals surface area (Å²) < 4.78 is 4.60. The SMILES string of the molecule is COC(=O)C(CNCC(C)(C)C)NC(C)=O. The van der Waals surface area contributed by atoms with Gasteiger partial charge in [0.15, 0.2) is 0 Å². The number of nitrogens with one attached hydrogen (secondary N) is 2. The number of methoxy groups -OCH3 is 1. The molecule has 0 radical (unpaired) electrons. The van der Waals surface area contributed by atoms with Crippen LogP contribution in [0.1, 0.15) is 27.7 Å². The molecule has 0 aromatic heterocycles. The van der Waals surface area contributed by atoms with Gasteiger partial charge in [0, 0.05) is 20.0 Å². The molecule has 0 saturated heterocycles. The summed E-state index contributed by atoms with van der Waals surface area (Å²) in [5, 5.41) is 5.67. The molecular weight excluding hydrogens is 208 g/mol. The highest BCUT2D eigenvalue weighted by atomic mass is 16.5. The molecule has 0 aromatic carbocycles. The summed E-state index contributed by atoms with van der Waals surface area (Å²) >= 11 is 0. The van der Waals surface area contributed by atoms with Crippen LogP contribution in [0, 0.1) is 5.41 Å². The van der Waals surface area contributed by atoms with Crippen molar-refractivity contribution in [3.05, 3.63) is 0 Å². The van der Waals surface area contributed by atoms with E-state index in [1.165, 1.54) is 14.0 Å². The molecule has 0 rings (SSSR count). The van der Waals surface area contributed by atoms with Gasteiger partial charge in [-0.25, -0.2) is 4.79 Å². The second-order valence-corrected chi connectivity index (χ2v) is 4.97. The van der Waals surface area contributed by atoms with Crippen molar-refractivity contribution in [3.63, 3.8) is 0 Å². The fourth-order valence-electron chi connectivity index (χ4n) is 1.17. The minimum Gasteiger partial charge on any atom is -0.467 e. The van der Waals surface area contributed by atoms with E-state index < -0.39 is 12.0 Å². The van der Waals surface area contributed by atoms with Crippen molar-refractivity contribution in [2.75, 3.05) is 20.2 Å². The average molecular weight is 230 g/mol. The lowest BCUT2D eigenvalue weighted by molar-refractivity contribution is -0.144. The van der Waals surface area contributed by atoms with E-state index in [2.05, 4.69) is 36.1 Å².